The van der Waals surface area contributed by atoms with Crippen molar-refractivity contribution in [2.75, 3.05) is 19.7 Å². The number of rotatable bonds is 6. The lowest BCUT2D eigenvalue weighted by Crippen LogP contribution is -2.37. The first-order chi connectivity index (χ1) is 11.0. The number of imide groups is 1. The number of hydrogen-bond donors (Lipinski definition) is 1. The van der Waals surface area contributed by atoms with E-state index in [1.54, 1.807) is 0 Å². The van der Waals surface area contributed by atoms with Crippen LogP contribution in [0.3, 0.4) is 0 Å². The molecule has 6 heteroatoms. The lowest BCUT2D eigenvalue weighted by atomic mass is 9.86. The molecule has 0 aliphatic carbocycles. The average molecular weight is 318 g/mol. The molecule has 1 aromatic carbocycles. The van der Waals surface area contributed by atoms with E-state index in [4.69, 9.17) is 4.74 Å². The van der Waals surface area contributed by atoms with Gasteiger partial charge in [-0.2, -0.15) is 0 Å². The second kappa shape index (κ2) is 7.76. The predicted molar refractivity (Wildman–Crippen MR) is 84.7 cm³/mol. The highest BCUT2D eigenvalue weighted by molar-refractivity contribution is 5.97. The Morgan fingerprint density at radius 2 is 2.00 bits per heavy atom. The van der Waals surface area contributed by atoms with E-state index in [1.165, 1.54) is 0 Å². The lowest BCUT2D eigenvalue weighted by molar-refractivity contribution is -0.153. The number of benzene rings is 1. The minimum absolute atomic E-state index is 0.0927. The number of amides is 3. The van der Waals surface area contributed by atoms with Crippen molar-refractivity contribution in [2.45, 2.75) is 26.2 Å². The van der Waals surface area contributed by atoms with Crippen LogP contribution in [0.2, 0.25) is 0 Å². The molecule has 0 saturated carbocycles. The Morgan fingerprint density at radius 3 is 2.57 bits per heavy atom. The summed E-state index contributed by atoms with van der Waals surface area (Å²) in [6.07, 6.45) is 0.817. The summed E-state index contributed by atoms with van der Waals surface area (Å²) < 4.78 is 5.19. The van der Waals surface area contributed by atoms with Crippen LogP contribution < -0.4 is 5.32 Å². The Kier molecular flexibility index (Phi) is 5.73. The second-order valence-corrected chi connectivity index (χ2v) is 5.66. The molecule has 0 spiro atoms. The summed E-state index contributed by atoms with van der Waals surface area (Å²) in [7, 11) is 0. The maximum absolute atomic E-state index is 12.5. The molecular weight excluding hydrogens is 296 g/mol. The van der Waals surface area contributed by atoms with E-state index in [0.29, 0.717) is 13.1 Å². The zero-order valence-corrected chi connectivity index (χ0v) is 13.5. The molecule has 1 fully saturated rings. The van der Waals surface area contributed by atoms with Gasteiger partial charge in [-0.25, -0.2) is 4.79 Å². The molecule has 1 aromatic rings. The smallest absolute Gasteiger partial charge is 0.324 e. The van der Waals surface area contributed by atoms with Crippen molar-refractivity contribution in [2.24, 2.45) is 5.92 Å². The Labute approximate surface area is 135 Å². The van der Waals surface area contributed by atoms with Gasteiger partial charge in [0.15, 0.2) is 6.61 Å². The highest BCUT2D eigenvalue weighted by Gasteiger charge is 2.30. The number of hydrogen-bond acceptors (Lipinski definition) is 4. The van der Waals surface area contributed by atoms with Gasteiger partial charge in [-0.1, -0.05) is 50.6 Å². The van der Waals surface area contributed by atoms with E-state index in [0.717, 1.165) is 16.9 Å². The molecule has 1 aliphatic heterocycles. The van der Waals surface area contributed by atoms with E-state index in [-0.39, 0.29) is 5.92 Å². The van der Waals surface area contributed by atoms with Gasteiger partial charge in [0.2, 0.25) is 0 Å². The quantitative estimate of drug-likeness (QED) is 0.813. The average Bonchev–Trinajstić information content (AvgIpc) is 2.99. The SMILES string of the molecule is CC[C@@H](C)[C@H](C(=O)OCC(=O)N1CCNC1=O)c1ccccc1. The van der Waals surface area contributed by atoms with E-state index in [1.807, 2.05) is 44.2 Å². The molecule has 3 amide bonds. The van der Waals surface area contributed by atoms with Crippen LogP contribution >= 0.6 is 0 Å². The maximum atomic E-state index is 12.5. The van der Waals surface area contributed by atoms with Crippen molar-refractivity contribution < 1.29 is 19.1 Å². The minimum Gasteiger partial charge on any atom is -0.455 e. The first-order valence-corrected chi connectivity index (χ1v) is 7.84. The first kappa shape index (κ1) is 17.0. The van der Waals surface area contributed by atoms with Crippen molar-refractivity contribution in [3.63, 3.8) is 0 Å². The molecule has 124 valence electrons. The van der Waals surface area contributed by atoms with Crippen molar-refractivity contribution in [3.8, 4) is 0 Å². The largest absolute Gasteiger partial charge is 0.455 e. The Balaban J connectivity index is 2.01. The molecule has 2 rings (SSSR count). The second-order valence-electron chi connectivity index (χ2n) is 5.66. The third-order valence-corrected chi connectivity index (χ3v) is 4.12. The molecule has 2 atom stereocenters. The van der Waals surface area contributed by atoms with Gasteiger partial charge in [0.05, 0.1) is 5.92 Å². The normalized spacial score (nSPS) is 16.6. The van der Waals surface area contributed by atoms with Crippen LogP contribution in [0.4, 0.5) is 4.79 Å². The predicted octanol–water partition coefficient (Wildman–Crippen LogP) is 1.91. The van der Waals surface area contributed by atoms with Gasteiger partial charge in [-0.3, -0.25) is 14.5 Å². The van der Waals surface area contributed by atoms with Gasteiger partial charge in [0.1, 0.15) is 0 Å². The number of urea groups is 1. The number of nitrogens with one attached hydrogen (secondary N) is 1. The molecular formula is C17H22N2O4. The van der Waals surface area contributed by atoms with Gasteiger partial charge in [0.25, 0.3) is 5.91 Å². The van der Waals surface area contributed by atoms with Gasteiger partial charge in [0, 0.05) is 13.1 Å². The standard InChI is InChI=1S/C17H22N2O4/c1-3-12(2)15(13-7-5-4-6-8-13)16(21)23-11-14(20)19-10-9-18-17(19)22/h4-8,12,15H,3,9-11H2,1-2H3,(H,18,22)/t12-,15+/m1/s1. The Hall–Kier alpha value is -2.37. The van der Waals surface area contributed by atoms with Crippen LogP contribution in [0.5, 0.6) is 0 Å². The molecule has 23 heavy (non-hydrogen) atoms. The van der Waals surface area contributed by atoms with Gasteiger partial charge < -0.3 is 10.1 Å². The third kappa shape index (κ3) is 4.09. The molecule has 0 unspecified atom stereocenters. The summed E-state index contributed by atoms with van der Waals surface area (Å²) in [6.45, 7) is 4.31. The molecule has 0 aromatic heterocycles. The lowest BCUT2D eigenvalue weighted by Gasteiger charge is -2.22. The van der Waals surface area contributed by atoms with Crippen LogP contribution in [0, 0.1) is 5.92 Å². The highest BCUT2D eigenvalue weighted by Crippen LogP contribution is 2.28. The fourth-order valence-corrected chi connectivity index (χ4v) is 2.60. The minimum atomic E-state index is -0.496. The van der Waals surface area contributed by atoms with Crippen molar-refractivity contribution in [3.05, 3.63) is 35.9 Å². The number of nitrogens with zero attached hydrogens (tertiary/aromatic N) is 1. The van der Waals surface area contributed by atoms with Crippen LogP contribution in [-0.4, -0.2) is 42.5 Å². The van der Waals surface area contributed by atoms with E-state index >= 15 is 0 Å². The van der Waals surface area contributed by atoms with Crippen LogP contribution in [-0.2, 0) is 14.3 Å². The number of carbonyl (C=O) groups is 3. The fourth-order valence-electron chi connectivity index (χ4n) is 2.60. The summed E-state index contributed by atoms with van der Waals surface area (Å²) >= 11 is 0. The van der Waals surface area contributed by atoms with Gasteiger partial charge in [-0.05, 0) is 11.5 Å². The van der Waals surface area contributed by atoms with E-state index in [2.05, 4.69) is 5.32 Å². The monoisotopic (exact) mass is 318 g/mol. The van der Waals surface area contributed by atoms with Crippen LogP contribution in [0.25, 0.3) is 0 Å². The zero-order chi connectivity index (χ0) is 16.8. The maximum Gasteiger partial charge on any atom is 0.324 e. The van der Waals surface area contributed by atoms with Crippen molar-refractivity contribution >= 4 is 17.9 Å². The third-order valence-electron chi connectivity index (χ3n) is 4.12. The highest BCUT2D eigenvalue weighted by atomic mass is 16.5. The number of esters is 1. The number of ether oxygens (including phenoxy) is 1. The Morgan fingerprint density at radius 1 is 1.30 bits per heavy atom. The van der Waals surface area contributed by atoms with Crippen molar-refractivity contribution in [1.82, 2.24) is 10.2 Å². The van der Waals surface area contributed by atoms with E-state index < -0.39 is 30.4 Å². The fraction of sp³-hybridized carbons (Fsp3) is 0.471. The number of carbonyl (C=O) groups excluding carboxylic acids is 3. The Bertz CT molecular complexity index is 573. The summed E-state index contributed by atoms with van der Waals surface area (Å²) in [5.41, 5.74) is 0.873. The molecule has 1 aliphatic rings. The molecule has 0 bridgehead atoms. The summed E-state index contributed by atoms with van der Waals surface area (Å²) in [5, 5.41) is 2.54. The van der Waals surface area contributed by atoms with Crippen molar-refractivity contribution in [1.29, 1.82) is 0 Å². The van der Waals surface area contributed by atoms with Gasteiger partial charge in [-0.15, -0.1) is 0 Å². The topological polar surface area (TPSA) is 75.7 Å². The van der Waals surface area contributed by atoms with E-state index in [9.17, 15) is 14.4 Å². The van der Waals surface area contributed by atoms with Crippen LogP contribution in [0.15, 0.2) is 30.3 Å². The molecule has 1 heterocycles. The van der Waals surface area contributed by atoms with Gasteiger partial charge >= 0.3 is 12.0 Å². The molecule has 0 radical (unpaired) electrons. The molecule has 6 nitrogen and oxygen atoms in total. The molecule has 1 saturated heterocycles. The summed E-state index contributed by atoms with van der Waals surface area (Å²) in [6, 6.07) is 8.96. The zero-order valence-electron chi connectivity index (χ0n) is 13.5. The summed E-state index contributed by atoms with van der Waals surface area (Å²) in [5.74, 6) is -1.25. The van der Waals surface area contributed by atoms with Crippen LogP contribution in [0.1, 0.15) is 31.7 Å². The first-order valence-electron chi connectivity index (χ1n) is 7.84. The molecule has 1 N–H and O–H groups in total. The summed E-state index contributed by atoms with van der Waals surface area (Å²) in [4.78, 5) is 36.9.